The molecule has 31 heavy (non-hydrogen) atoms. The third-order valence-corrected chi connectivity index (χ3v) is 6.26. The van der Waals surface area contributed by atoms with Crippen LogP contribution in [-0.2, 0) is 4.79 Å². The van der Waals surface area contributed by atoms with Gasteiger partial charge in [-0.3, -0.25) is 9.36 Å². The zero-order chi connectivity index (χ0) is 21.0. The number of amides is 1. The lowest BCUT2D eigenvalue weighted by Gasteiger charge is -2.14. The molecular weight excluding hydrogens is 412 g/mol. The molecule has 1 aliphatic carbocycles. The fourth-order valence-electron chi connectivity index (χ4n) is 3.90. The minimum absolute atomic E-state index is 0.105. The average Bonchev–Trinajstić information content (AvgIpc) is 3.59. The Labute approximate surface area is 183 Å². The van der Waals surface area contributed by atoms with Crippen LogP contribution in [0.5, 0.6) is 0 Å². The van der Waals surface area contributed by atoms with Crippen molar-refractivity contribution in [2.45, 2.75) is 36.9 Å². The van der Waals surface area contributed by atoms with Gasteiger partial charge in [0, 0.05) is 11.8 Å². The maximum atomic E-state index is 12.7. The average molecular weight is 435 g/mol. The molecule has 0 unspecified atom stereocenters. The summed E-state index contributed by atoms with van der Waals surface area (Å²) in [4.78, 5) is 12.7. The quantitative estimate of drug-likeness (QED) is 0.429. The lowest BCUT2D eigenvalue weighted by Crippen LogP contribution is -2.19. The van der Waals surface area contributed by atoms with Crippen LogP contribution in [0.15, 0.2) is 70.6 Å². The van der Waals surface area contributed by atoms with E-state index in [1.54, 1.807) is 12.5 Å². The second kappa shape index (κ2) is 8.81. The van der Waals surface area contributed by atoms with E-state index in [4.69, 9.17) is 4.42 Å². The molecule has 0 radical (unpaired) electrons. The first-order valence-electron chi connectivity index (χ1n) is 10.3. The molecule has 158 valence electrons. The maximum absolute atomic E-state index is 12.7. The Morgan fingerprint density at radius 1 is 1.10 bits per heavy atom. The van der Waals surface area contributed by atoms with Crippen molar-refractivity contribution in [3.05, 3.63) is 61.0 Å². The van der Waals surface area contributed by atoms with Crippen LogP contribution in [-0.4, -0.2) is 36.2 Å². The molecule has 1 saturated carbocycles. The van der Waals surface area contributed by atoms with Crippen molar-refractivity contribution in [3.8, 4) is 17.3 Å². The number of furan rings is 1. The Kier molecular flexibility index (Phi) is 5.57. The van der Waals surface area contributed by atoms with E-state index >= 15 is 0 Å². The fourth-order valence-corrected chi connectivity index (χ4v) is 4.65. The number of benzene rings is 1. The monoisotopic (exact) mass is 434 g/mol. The summed E-state index contributed by atoms with van der Waals surface area (Å²) < 4.78 is 9.37. The summed E-state index contributed by atoms with van der Waals surface area (Å²) in [7, 11) is 0. The van der Waals surface area contributed by atoms with Crippen LogP contribution in [0.3, 0.4) is 0 Å². The van der Waals surface area contributed by atoms with Crippen molar-refractivity contribution in [1.82, 2.24) is 24.5 Å². The number of rotatable bonds is 7. The van der Waals surface area contributed by atoms with Crippen LogP contribution in [0, 0.1) is 0 Å². The highest BCUT2D eigenvalue weighted by Gasteiger charge is 2.22. The number of thioether (sulfide) groups is 1. The summed E-state index contributed by atoms with van der Waals surface area (Å²) in [5, 5.41) is 16.7. The van der Waals surface area contributed by atoms with Gasteiger partial charge in [0.2, 0.25) is 11.7 Å². The Hall–Kier alpha value is -3.33. The van der Waals surface area contributed by atoms with Crippen molar-refractivity contribution < 1.29 is 9.21 Å². The Balaban J connectivity index is 1.33. The molecule has 3 aromatic heterocycles. The molecule has 1 amide bonds. The Bertz CT molecular complexity index is 1150. The van der Waals surface area contributed by atoms with Gasteiger partial charge >= 0.3 is 0 Å². The van der Waals surface area contributed by atoms with Crippen molar-refractivity contribution in [2.75, 3.05) is 11.1 Å². The molecule has 9 heteroatoms. The van der Waals surface area contributed by atoms with E-state index in [1.807, 2.05) is 57.8 Å². The predicted octanol–water partition coefficient (Wildman–Crippen LogP) is 4.57. The van der Waals surface area contributed by atoms with Gasteiger partial charge in [0.1, 0.15) is 5.82 Å². The molecule has 0 bridgehead atoms. The minimum Gasteiger partial charge on any atom is -0.461 e. The zero-order valence-electron chi connectivity index (χ0n) is 16.8. The number of hydrogen-bond donors (Lipinski definition) is 1. The highest BCUT2D eigenvalue weighted by atomic mass is 32.2. The highest BCUT2D eigenvalue weighted by molar-refractivity contribution is 7.99. The molecule has 3 heterocycles. The van der Waals surface area contributed by atoms with Crippen molar-refractivity contribution >= 4 is 23.5 Å². The first kappa shape index (κ1) is 19.6. The lowest BCUT2D eigenvalue weighted by atomic mass is 10.2. The third kappa shape index (κ3) is 4.13. The van der Waals surface area contributed by atoms with E-state index in [9.17, 15) is 4.79 Å². The van der Waals surface area contributed by atoms with Crippen molar-refractivity contribution in [2.24, 2.45) is 0 Å². The van der Waals surface area contributed by atoms with E-state index in [0.29, 0.717) is 22.8 Å². The van der Waals surface area contributed by atoms with Gasteiger partial charge < -0.3 is 9.73 Å². The number of hydrogen-bond acceptors (Lipinski definition) is 6. The normalized spacial score (nSPS) is 14.2. The van der Waals surface area contributed by atoms with Gasteiger partial charge in [-0.05, 0) is 37.1 Å². The highest BCUT2D eigenvalue weighted by Crippen LogP contribution is 2.32. The molecule has 1 aromatic carbocycles. The summed E-state index contributed by atoms with van der Waals surface area (Å²) in [6.45, 7) is 0. The number of aromatic nitrogens is 5. The number of para-hydroxylation sites is 1. The Morgan fingerprint density at radius 2 is 1.94 bits per heavy atom. The van der Waals surface area contributed by atoms with Gasteiger partial charge in [-0.2, -0.15) is 5.10 Å². The van der Waals surface area contributed by atoms with E-state index in [0.717, 1.165) is 24.3 Å². The van der Waals surface area contributed by atoms with E-state index < -0.39 is 0 Å². The van der Waals surface area contributed by atoms with Crippen LogP contribution in [0.25, 0.3) is 17.3 Å². The third-order valence-electron chi connectivity index (χ3n) is 5.33. The molecule has 0 aliphatic heterocycles. The van der Waals surface area contributed by atoms with Gasteiger partial charge in [-0.15, -0.1) is 10.2 Å². The second-order valence-corrected chi connectivity index (χ2v) is 8.33. The molecule has 0 atom stereocenters. The molecule has 0 saturated heterocycles. The van der Waals surface area contributed by atoms with Gasteiger partial charge in [0.25, 0.3) is 0 Å². The molecule has 1 fully saturated rings. The van der Waals surface area contributed by atoms with Crippen molar-refractivity contribution in [1.29, 1.82) is 0 Å². The van der Waals surface area contributed by atoms with E-state index in [2.05, 4.69) is 20.6 Å². The number of nitrogens with zero attached hydrogens (tertiary/aromatic N) is 5. The second-order valence-electron chi connectivity index (χ2n) is 7.39. The van der Waals surface area contributed by atoms with Crippen LogP contribution < -0.4 is 5.32 Å². The molecular formula is C22H22N6O2S. The van der Waals surface area contributed by atoms with E-state index in [1.165, 1.54) is 24.6 Å². The lowest BCUT2D eigenvalue weighted by molar-refractivity contribution is -0.113. The summed E-state index contributed by atoms with van der Waals surface area (Å²) in [6.07, 6.45) is 7.97. The van der Waals surface area contributed by atoms with Gasteiger partial charge in [-0.25, -0.2) is 4.68 Å². The summed E-state index contributed by atoms with van der Waals surface area (Å²) in [5.41, 5.74) is 0.904. The number of anilines is 1. The van der Waals surface area contributed by atoms with Gasteiger partial charge in [0.05, 0.1) is 24.3 Å². The largest absolute Gasteiger partial charge is 0.461 e. The molecule has 0 spiro atoms. The van der Waals surface area contributed by atoms with Crippen molar-refractivity contribution in [3.63, 3.8) is 0 Å². The first-order chi connectivity index (χ1) is 15.3. The van der Waals surface area contributed by atoms with Gasteiger partial charge in [-0.1, -0.05) is 42.8 Å². The fraction of sp³-hybridized carbons (Fsp3) is 0.273. The molecule has 5 rings (SSSR count). The minimum atomic E-state index is -0.105. The van der Waals surface area contributed by atoms with Crippen LogP contribution in [0.2, 0.25) is 0 Å². The molecule has 1 aliphatic rings. The smallest absolute Gasteiger partial charge is 0.235 e. The molecule has 4 aromatic rings. The van der Waals surface area contributed by atoms with E-state index in [-0.39, 0.29) is 11.7 Å². The standard InChI is InChI=1S/C22H22N6O2S/c29-20(24-19-12-13-23-28(19)17-9-4-5-10-17)15-31-22-26-25-21(18-11-6-14-30-18)27(22)16-7-2-1-3-8-16/h1-3,6-8,11-14,17H,4-5,9-10,15H2,(H,24,29). The SMILES string of the molecule is O=C(CSc1nnc(-c2ccco2)n1-c1ccccc1)Nc1ccnn1C1CCCC1. The predicted molar refractivity (Wildman–Crippen MR) is 118 cm³/mol. The molecule has 8 nitrogen and oxygen atoms in total. The Morgan fingerprint density at radius 3 is 2.71 bits per heavy atom. The number of nitrogens with one attached hydrogen (secondary N) is 1. The van der Waals surface area contributed by atoms with Crippen LogP contribution in [0.4, 0.5) is 5.82 Å². The van der Waals surface area contributed by atoms with Crippen LogP contribution >= 0.6 is 11.8 Å². The van der Waals surface area contributed by atoms with Crippen LogP contribution in [0.1, 0.15) is 31.7 Å². The summed E-state index contributed by atoms with van der Waals surface area (Å²) in [5.74, 6) is 2.07. The topological polar surface area (TPSA) is 90.8 Å². The first-order valence-corrected chi connectivity index (χ1v) is 11.3. The zero-order valence-corrected chi connectivity index (χ0v) is 17.7. The maximum Gasteiger partial charge on any atom is 0.235 e. The summed E-state index contributed by atoms with van der Waals surface area (Å²) >= 11 is 1.33. The summed E-state index contributed by atoms with van der Waals surface area (Å²) in [6, 6.07) is 15.7. The number of carbonyl (C=O) groups excluding carboxylic acids is 1. The van der Waals surface area contributed by atoms with Gasteiger partial charge in [0.15, 0.2) is 10.9 Å². The number of carbonyl (C=O) groups is 1. The molecule has 1 N–H and O–H groups in total.